The number of hydrogen-bond acceptors (Lipinski definition) is 3. The molecule has 4 heteroatoms. The summed E-state index contributed by atoms with van der Waals surface area (Å²) in [5.41, 5.74) is 2.83. The van der Waals surface area contributed by atoms with Crippen molar-refractivity contribution in [3.8, 4) is 0 Å². The minimum absolute atomic E-state index is 0.773. The number of fused-ring (bicyclic) bond motifs is 1. The fourth-order valence-electron chi connectivity index (χ4n) is 3.45. The van der Waals surface area contributed by atoms with Gasteiger partial charge in [-0.3, -0.25) is 4.90 Å². The van der Waals surface area contributed by atoms with Crippen LogP contribution >= 0.6 is 15.9 Å². The smallest absolute Gasteiger partial charge is 0.0424 e. The normalized spacial score (nSPS) is 23.1. The highest BCUT2D eigenvalue weighted by Gasteiger charge is 2.31. The highest BCUT2D eigenvalue weighted by molar-refractivity contribution is 9.10. The van der Waals surface area contributed by atoms with Crippen LogP contribution in [-0.2, 0) is 6.54 Å². The SMILES string of the molecule is CCNCc1ccc(Br)cc1N1CCN2CCCC2C1. The zero-order valence-electron chi connectivity index (χ0n) is 12.2. The molecule has 0 aliphatic carbocycles. The van der Waals surface area contributed by atoms with Gasteiger partial charge in [0, 0.05) is 42.4 Å². The van der Waals surface area contributed by atoms with Crippen molar-refractivity contribution in [3.05, 3.63) is 28.2 Å². The standard InChI is InChI=1S/C16H24BrN3/c1-2-18-11-13-5-6-14(17)10-16(13)20-9-8-19-7-3-4-15(19)12-20/h5-6,10,15,18H,2-4,7-9,11-12H2,1H3. The predicted molar refractivity (Wildman–Crippen MR) is 88.3 cm³/mol. The van der Waals surface area contributed by atoms with Crippen LogP contribution < -0.4 is 10.2 Å². The molecular formula is C16H24BrN3. The first-order chi connectivity index (χ1) is 9.78. The molecule has 1 unspecified atom stereocenters. The molecule has 2 heterocycles. The van der Waals surface area contributed by atoms with Crippen LogP contribution in [0.2, 0.25) is 0 Å². The summed E-state index contributed by atoms with van der Waals surface area (Å²) in [5.74, 6) is 0. The predicted octanol–water partition coefficient (Wildman–Crippen LogP) is 2.84. The van der Waals surface area contributed by atoms with Crippen LogP contribution in [0.4, 0.5) is 5.69 Å². The van der Waals surface area contributed by atoms with E-state index in [0.717, 1.165) is 25.7 Å². The lowest BCUT2D eigenvalue weighted by molar-refractivity contribution is 0.231. The molecule has 0 bridgehead atoms. The van der Waals surface area contributed by atoms with Crippen LogP contribution in [0, 0.1) is 0 Å². The quantitative estimate of drug-likeness (QED) is 0.911. The molecule has 0 spiro atoms. The van der Waals surface area contributed by atoms with E-state index >= 15 is 0 Å². The molecule has 0 amide bonds. The lowest BCUT2D eigenvalue weighted by atomic mass is 10.1. The van der Waals surface area contributed by atoms with Crippen molar-refractivity contribution in [2.75, 3.05) is 37.6 Å². The Balaban J connectivity index is 1.79. The molecule has 3 rings (SSSR count). The highest BCUT2D eigenvalue weighted by Crippen LogP contribution is 2.30. The maximum absolute atomic E-state index is 3.63. The van der Waals surface area contributed by atoms with Gasteiger partial charge in [-0.2, -0.15) is 0 Å². The highest BCUT2D eigenvalue weighted by atomic mass is 79.9. The van der Waals surface area contributed by atoms with Crippen LogP contribution in [0.1, 0.15) is 25.3 Å². The van der Waals surface area contributed by atoms with Gasteiger partial charge in [-0.1, -0.05) is 28.9 Å². The van der Waals surface area contributed by atoms with E-state index in [1.54, 1.807) is 0 Å². The minimum Gasteiger partial charge on any atom is -0.368 e. The summed E-state index contributed by atoms with van der Waals surface area (Å²) in [7, 11) is 0. The minimum atomic E-state index is 0.773. The second-order valence-electron chi connectivity index (χ2n) is 5.83. The first kappa shape index (κ1) is 14.4. The maximum Gasteiger partial charge on any atom is 0.0424 e. The van der Waals surface area contributed by atoms with Crippen molar-refractivity contribution in [1.82, 2.24) is 10.2 Å². The second kappa shape index (κ2) is 6.46. The third-order valence-corrected chi connectivity index (χ3v) is 5.03. The first-order valence-corrected chi connectivity index (χ1v) is 8.55. The molecule has 2 saturated heterocycles. The van der Waals surface area contributed by atoms with Crippen LogP contribution in [0.25, 0.3) is 0 Å². The molecule has 0 radical (unpaired) electrons. The lowest BCUT2D eigenvalue weighted by Crippen LogP contribution is -2.50. The van der Waals surface area contributed by atoms with E-state index in [4.69, 9.17) is 0 Å². The molecule has 2 fully saturated rings. The van der Waals surface area contributed by atoms with Crippen molar-refractivity contribution in [2.45, 2.75) is 32.4 Å². The van der Waals surface area contributed by atoms with E-state index in [2.05, 4.69) is 56.2 Å². The Morgan fingerprint density at radius 3 is 3.05 bits per heavy atom. The molecule has 1 N–H and O–H groups in total. The van der Waals surface area contributed by atoms with Gasteiger partial charge in [0.2, 0.25) is 0 Å². The third-order valence-electron chi connectivity index (χ3n) is 4.54. The van der Waals surface area contributed by atoms with Crippen LogP contribution in [0.5, 0.6) is 0 Å². The van der Waals surface area contributed by atoms with E-state index in [0.29, 0.717) is 0 Å². The van der Waals surface area contributed by atoms with Gasteiger partial charge in [-0.05, 0) is 43.6 Å². The summed E-state index contributed by atoms with van der Waals surface area (Å²) in [6, 6.07) is 7.47. The number of nitrogens with zero attached hydrogens (tertiary/aromatic N) is 2. The van der Waals surface area contributed by atoms with Gasteiger partial charge >= 0.3 is 0 Å². The second-order valence-corrected chi connectivity index (χ2v) is 6.75. The first-order valence-electron chi connectivity index (χ1n) is 7.76. The summed E-state index contributed by atoms with van der Waals surface area (Å²) >= 11 is 3.63. The van der Waals surface area contributed by atoms with Gasteiger partial charge in [0.05, 0.1) is 0 Å². The molecule has 20 heavy (non-hydrogen) atoms. The van der Waals surface area contributed by atoms with Crippen molar-refractivity contribution in [2.24, 2.45) is 0 Å². The van der Waals surface area contributed by atoms with Gasteiger partial charge in [0.15, 0.2) is 0 Å². The summed E-state index contributed by atoms with van der Waals surface area (Å²) < 4.78 is 1.18. The molecule has 110 valence electrons. The van der Waals surface area contributed by atoms with Crippen LogP contribution in [0.3, 0.4) is 0 Å². The number of halogens is 1. The molecule has 1 atom stereocenters. The fraction of sp³-hybridized carbons (Fsp3) is 0.625. The van der Waals surface area contributed by atoms with Gasteiger partial charge in [-0.15, -0.1) is 0 Å². The number of piperazine rings is 1. The Morgan fingerprint density at radius 2 is 2.20 bits per heavy atom. The van der Waals surface area contributed by atoms with Crippen molar-refractivity contribution in [3.63, 3.8) is 0 Å². The average Bonchev–Trinajstić information content (AvgIpc) is 2.93. The molecule has 0 saturated carbocycles. The Morgan fingerprint density at radius 1 is 1.30 bits per heavy atom. The van der Waals surface area contributed by atoms with Crippen molar-refractivity contribution >= 4 is 21.6 Å². The summed E-state index contributed by atoms with van der Waals surface area (Å²) in [6.07, 6.45) is 2.74. The van der Waals surface area contributed by atoms with E-state index in [-0.39, 0.29) is 0 Å². The van der Waals surface area contributed by atoms with Crippen molar-refractivity contribution in [1.29, 1.82) is 0 Å². The van der Waals surface area contributed by atoms with Crippen LogP contribution in [-0.4, -0.2) is 43.7 Å². The van der Waals surface area contributed by atoms with Crippen LogP contribution in [0.15, 0.2) is 22.7 Å². The molecule has 2 aliphatic heterocycles. The van der Waals surface area contributed by atoms with Gasteiger partial charge < -0.3 is 10.2 Å². The zero-order chi connectivity index (χ0) is 13.9. The summed E-state index contributed by atoms with van der Waals surface area (Å²) in [4.78, 5) is 5.25. The molecule has 1 aromatic rings. The van der Waals surface area contributed by atoms with E-state index in [9.17, 15) is 0 Å². The Kier molecular flexibility index (Phi) is 4.64. The van der Waals surface area contributed by atoms with Gasteiger partial charge in [-0.25, -0.2) is 0 Å². The number of rotatable bonds is 4. The van der Waals surface area contributed by atoms with E-state index < -0.39 is 0 Å². The molecule has 0 aromatic heterocycles. The largest absolute Gasteiger partial charge is 0.368 e. The zero-order valence-corrected chi connectivity index (χ0v) is 13.8. The van der Waals surface area contributed by atoms with Gasteiger partial charge in [0.25, 0.3) is 0 Å². The summed E-state index contributed by atoms with van der Waals surface area (Å²) in [5, 5.41) is 3.46. The Bertz CT molecular complexity index is 463. The molecular weight excluding hydrogens is 314 g/mol. The van der Waals surface area contributed by atoms with E-state index in [1.165, 1.54) is 48.2 Å². The number of anilines is 1. The maximum atomic E-state index is 3.63. The number of hydrogen-bond donors (Lipinski definition) is 1. The average molecular weight is 338 g/mol. The molecule has 2 aliphatic rings. The fourth-order valence-corrected chi connectivity index (χ4v) is 3.80. The lowest BCUT2D eigenvalue weighted by Gasteiger charge is -2.39. The molecule has 1 aromatic carbocycles. The monoisotopic (exact) mass is 337 g/mol. The number of nitrogens with one attached hydrogen (secondary N) is 1. The molecule has 3 nitrogen and oxygen atoms in total. The Labute approximate surface area is 130 Å². The topological polar surface area (TPSA) is 18.5 Å². The van der Waals surface area contributed by atoms with Gasteiger partial charge in [0.1, 0.15) is 0 Å². The Hall–Kier alpha value is -0.580. The van der Waals surface area contributed by atoms with E-state index in [1.807, 2.05) is 0 Å². The third kappa shape index (κ3) is 3.02. The summed E-state index contributed by atoms with van der Waals surface area (Å²) in [6.45, 7) is 9.02. The van der Waals surface area contributed by atoms with Crippen molar-refractivity contribution < 1.29 is 0 Å². The number of benzene rings is 1.